The lowest BCUT2D eigenvalue weighted by Crippen LogP contribution is -2.50. The summed E-state index contributed by atoms with van der Waals surface area (Å²) in [4.78, 5) is 30.6. The molecule has 6 N–H and O–H groups in total. The van der Waals surface area contributed by atoms with Crippen LogP contribution in [0.2, 0.25) is 0 Å². The second kappa shape index (κ2) is 11.8. The zero-order valence-corrected chi connectivity index (χ0v) is 23.3. The quantitative estimate of drug-likeness (QED) is 0.267. The summed E-state index contributed by atoms with van der Waals surface area (Å²) in [6, 6.07) is 7.60. The van der Waals surface area contributed by atoms with Gasteiger partial charge >= 0.3 is 6.09 Å². The molecule has 2 aromatic rings. The van der Waals surface area contributed by atoms with Gasteiger partial charge in [0.25, 0.3) is 5.91 Å². The molecule has 4 rings (SSSR count). The van der Waals surface area contributed by atoms with Crippen LogP contribution < -0.4 is 26.6 Å². The molecule has 1 aliphatic carbocycles. The van der Waals surface area contributed by atoms with Crippen LogP contribution in [0, 0.1) is 12.3 Å². The lowest BCUT2D eigenvalue weighted by molar-refractivity contribution is 0.0488. The highest BCUT2D eigenvalue weighted by Gasteiger charge is 2.34. The number of alkyl carbamates (subject to hydrolysis) is 1. The third-order valence-electron chi connectivity index (χ3n) is 6.77. The molecular weight excluding hydrogens is 494 g/mol. The molecule has 0 radical (unpaired) electrons. The Morgan fingerprint density at radius 2 is 1.92 bits per heavy atom. The predicted molar refractivity (Wildman–Crippen MR) is 155 cm³/mol. The number of amides is 2. The first-order valence-electron chi connectivity index (χ1n) is 13.4. The molecule has 1 aromatic carbocycles. The molecule has 0 saturated heterocycles. The Morgan fingerprint density at radius 3 is 2.59 bits per heavy atom. The fraction of sp³-hybridized carbons (Fsp3) is 0.448. The zero-order chi connectivity index (χ0) is 28.2. The van der Waals surface area contributed by atoms with Crippen LogP contribution in [0.3, 0.4) is 0 Å². The van der Waals surface area contributed by atoms with Crippen molar-refractivity contribution in [1.82, 2.24) is 20.9 Å². The van der Waals surface area contributed by atoms with Crippen molar-refractivity contribution in [2.45, 2.75) is 77.6 Å². The second-order valence-corrected chi connectivity index (χ2v) is 11.0. The fourth-order valence-corrected chi connectivity index (χ4v) is 5.13. The number of rotatable bonds is 8. The Morgan fingerprint density at radius 1 is 1.18 bits per heavy atom. The molecular formula is C29H39N7O3. The number of hydrogen-bond donors (Lipinski definition) is 6. The van der Waals surface area contributed by atoms with Gasteiger partial charge in [0.15, 0.2) is 0 Å². The van der Waals surface area contributed by atoms with E-state index in [1.807, 2.05) is 52.0 Å². The van der Waals surface area contributed by atoms with Crippen LogP contribution in [0.15, 0.2) is 30.5 Å². The summed E-state index contributed by atoms with van der Waals surface area (Å²) in [5, 5.41) is 24.0. The van der Waals surface area contributed by atoms with Crippen molar-refractivity contribution >= 4 is 41.1 Å². The monoisotopic (exact) mass is 533 g/mol. The second-order valence-electron chi connectivity index (χ2n) is 11.0. The van der Waals surface area contributed by atoms with Crippen LogP contribution in [-0.4, -0.2) is 47.9 Å². The van der Waals surface area contributed by atoms with Gasteiger partial charge in [-0.3, -0.25) is 4.79 Å². The van der Waals surface area contributed by atoms with Gasteiger partial charge < -0.3 is 36.7 Å². The zero-order valence-electron chi connectivity index (χ0n) is 23.3. The molecule has 2 atom stereocenters. The average Bonchev–Trinajstić information content (AvgIpc) is 3.25. The van der Waals surface area contributed by atoms with E-state index in [-0.39, 0.29) is 18.0 Å². The number of nitrogens with one attached hydrogen (secondary N) is 6. The Labute approximate surface area is 229 Å². The summed E-state index contributed by atoms with van der Waals surface area (Å²) < 4.78 is 5.52. The largest absolute Gasteiger partial charge is 0.444 e. The number of hydrogen-bond acceptors (Lipinski definition) is 8. The van der Waals surface area contributed by atoms with Crippen LogP contribution >= 0.6 is 0 Å². The van der Waals surface area contributed by atoms with Crippen molar-refractivity contribution in [3.63, 3.8) is 0 Å². The molecule has 2 unspecified atom stereocenters. The van der Waals surface area contributed by atoms with Crippen molar-refractivity contribution in [2.75, 3.05) is 17.7 Å². The smallest absolute Gasteiger partial charge is 0.407 e. The Bertz CT molecular complexity index is 1280. The van der Waals surface area contributed by atoms with Crippen LogP contribution in [0.4, 0.5) is 22.1 Å². The molecule has 1 aromatic heterocycles. The molecule has 10 nitrogen and oxygen atoms in total. The normalized spacial score (nSPS) is 19.0. The minimum Gasteiger partial charge on any atom is -0.444 e. The molecule has 2 heterocycles. The van der Waals surface area contributed by atoms with Gasteiger partial charge in [-0.1, -0.05) is 25.0 Å². The maximum Gasteiger partial charge on any atom is 0.407 e. The van der Waals surface area contributed by atoms with E-state index in [0.717, 1.165) is 42.5 Å². The topological polar surface area (TPSA) is 140 Å². The van der Waals surface area contributed by atoms with E-state index in [1.165, 1.54) is 6.21 Å². The van der Waals surface area contributed by atoms with Crippen molar-refractivity contribution in [3.05, 3.63) is 52.7 Å². The van der Waals surface area contributed by atoms with Crippen LogP contribution in [0.5, 0.6) is 0 Å². The molecule has 0 spiro atoms. The number of fused-ring (bicyclic) bond motifs is 1. The number of aromatic nitrogens is 1. The summed E-state index contributed by atoms with van der Waals surface area (Å²) in [6.45, 7) is 7.85. The van der Waals surface area contributed by atoms with Gasteiger partial charge in [0.05, 0.1) is 11.6 Å². The molecule has 1 fully saturated rings. The number of carbonyl (C=O) groups excluding carboxylic acids is 2. The Balaban J connectivity index is 1.76. The van der Waals surface area contributed by atoms with Gasteiger partial charge in [-0.15, -0.1) is 0 Å². The molecule has 2 amide bonds. The minimum atomic E-state index is -0.594. The van der Waals surface area contributed by atoms with Crippen LogP contribution in [-0.2, 0) is 11.3 Å². The van der Waals surface area contributed by atoms with Crippen molar-refractivity contribution in [1.29, 1.82) is 5.41 Å². The molecule has 208 valence electrons. The van der Waals surface area contributed by atoms with E-state index in [9.17, 15) is 9.59 Å². The van der Waals surface area contributed by atoms with E-state index in [1.54, 1.807) is 13.2 Å². The summed E-state index contributed by atoms with van der Waals surface area (Å²) in [6.07, 6.45) is 6.16. The first-order valence-corrected chi connectivity index (χ1v) is 13.4. The van der Waals surface area contributed by atoms with E-state index in [2.05, 4.69) is 26.6 Å². The molecule has 10 heteroatoms. The van der Waals surface area contributed by atoms with Gasteiger partial charge in [0.2, 0.25) is 0 Å². The predicted octanol–water partition coefficient (Wildman–Crippen LogP) is 4.83. The number of allylic oxidation sites excluding steroid dienone is 1. The number of nitrogens with zero attached hydrogens (tertiary/aromatic N) is 1. The molecule has 1 saturated carbocycles. The van der Waals surface area contributed by atoms with E-state index in [4.69, 9.17) is 15.1 Å². The summed E-state index contributed by atoms with van der Waals surface area (Å²) in [7, 11) is 1.77. The number of aryl methyl sites for hydroxylation is 1. The number of benzene rings is 1. The maximum absolute atomic E-state index is 13.0. The lowest BCUT2D eigenvalue weighted by Gasteiger charge is -2.34. The highest BCUT2D eigenvalue weighted by atomic mass is 16.6. The molecule has 1 aliphatic heterocycles. The van der Waals surface area contributed by atoms with Crippen LogP contribution in [0.25, 0.3) is 5.57 Å². The number of carbonyl (C=O) groups is 2. The highest BCUT2D eigenvalue weighted by Crippen LogP contribution is 2.37. The van der Waals surface area contributed by atoms with E-state index in [0.29, 0.717) is 34.9 Å². The van der Waals surface area contributed by atoms with Gasteiger partial charge in [0.1, 0.15) is 17.2 Å². The molecule has 0 bridgehead atoms. The number of ether oxygens (including phenoxy) is 1. The van der Waals surface area contributed by atoms with Crippen molar-refractivity contribution in [3.8, 4) is 0 Å². The Kier molecular flexibility index (Phi) is 8.42. The summed E-state index contributed by atoms with van der Waals surface area (Å²) in [5.41, 5.74) is 3.82. The van der Waals surface area contributed by atoms with Gasteiger partial charge in [0, 0.05) is 48.9 Å². The number of anilines is 3. The third kappa shape index (κ3) is 6.68. The fourth-order valence-electron chi connectivity index (χ4n) is 5.13. The molecule has 2 aliphatic rings. The van der Waals surface area contributed by atoms with Gasteiger partial charge in [-0.2, -0.15) is 0 Å². The number of pyridine rings is 1. The first kappa shape index (κ1) is 27.9. The Hall–Kier alpha value is -4.08. The first-order chi connectivity index (χ1) is 18.6. The van der Waals surface area contributed by atoms with Crippen molar-refractivity contribution in [2.24, 2.45) is 0 Å². The van der Waals surface area contributed by atoms with E-state index >= 15 is 0 Å². The maximum atomic E-state index is 13.0. The van der Waals surface area contributed by atoms with Crippen LogP contribution in [0.1, 0.15) is 73.5 Å². The summed E-state index contributed by atoms with van der Waals surface area (Å²) >= 11 is 0. The molecule has 39 heavy (non-hydrogen) atoms. The van der Waals surface area contributed by atoms with Gasteiger partial charge in [-0.25, -0.2) is 9.78 Å². The van der Waals surface area contributed by atoms with Crippen molar-refractivity contribution < 1.29 is 14.3 Å². The lowest BCUT2D eigenvalue weighted by atomic mass is 9.89. The minimum absolute atomic E-state index is 0.117. The standard InChI is InChI=1S/C29H39N7O3/c1-17-9-8-10-19(13-17)33-26-24-20(16-32-27(24)37)23(18(14-30)15-31-5)25(36-26)34-21-11-6-7-12-22(21)35-28(38)39-29(2,3)4/h8-10,13-15,21-22,30-31H,6-7,11-12,16H2,1-5H3,(H,32,37)(H,35,38)(H2,33,34,36)/b18-15+,30-14?. The highest BCUT2D eigenvalue weighted by molar-refractivity contribution is 6.14. The summed E-state index contributed by atoms with van der Waals surface area (Å²) in [5.74, 6) is 0.780. The van der Waals surface area contributed by atoms with E-state index < -0.39 is 11.7 Å². The van der Waals surface area contributed by atoms with Gasteiger partial charge in [-0.05, 0) is 63.8 Å². The SMILES string of the molecule is CN/C=C(\C=N)c1c(NC2CCCCC2NC(=O)OC(C)(C)C)nc(Nc2cccc(C)c2)c2c1CNC2=O. The third-order valence-corrected chi connectivity index (χ3v) is 6.77. The average molecular weight is 534 g/mol.